The summed E-state index contributed by atoms with van der Waals surface area (Å²) in [5.74, 6) is 0.509. The van der Waals surface area contributed by atoms with Crippen LogP contribution in [-0.4, -0.2) is 9.91 Å². The van der Waals surface area contributed by atoms with Gasteiger partial charge >= 0.3 is 5.69 Å². The van der Waals surface area contributed by atoms with Gasteiger partial charge in [0.15, 0.2) is 0 Å². The molecule has 0 radical (unpaired) electrons. The lowest BCUT2D eigenvalue weighted by molar-refractivity contribution is -0.386. The number of pyridine rings is 1. The van der Waals surface area contributed by atoms with E-state index in [1.54, 1.807) is 24.3 Å². The van der Waals surface area contributed by atoms with Crippen molar-refractivity contribution in [3.05, 3.63) is 56.3 Å². The van der Waals surface area contributed by atoms with Crippen LogP contribution in [0, 0.1) is 10.1 Å². The average molecular weight is 330 g/mol. The lowest BCUT2D eigenvalue weighted by Crippen LogP contribution is -1.95. The molecule has 1 aromatic carbocycles. The van der Waals surface area contributed by atoms with Crippen molar-refractivity contribution >= 4 is 33.2 Å². The number of nitro groups is 1. The molecule has 7 heteroatoms. The Morgan fingerprint density at radius 1 is 1.39 bits per heavy atom. The van der Waals surface area contributed by atoms with Crippen molar-refractivity contribution < 1.29 is 9.66 Å². The fourth-order valence-corrected chi connectivity index (χ4v) is 1.87. The van der Waals surface area contributed by atoms with Crippen LogP contribution in [0.3, 0.4) is 0 Å². The van der Waals surface area contributed by atoms with E-state index in [1.165, 1.54) is 6.20 Å². The molecule has 0 N–H and O–H groups in total. The number of hydrogen-bond donors (Lipinski definition) is 0. The maximum Gasteiger partial charge on any atom is 0.330 e. The maximum absolute atomic E-state index is 10.9. The summed E-state index contributed by atoms with van der Waals surface area (Å²) < 4.78 is 5.87. The molecule has 0 saturated heterocycles. The highest BCUT2D eigenvalue weighted by Crippen LogP contribution is 2.37. The van der Waals surface area contributed by atoms with E-state index in [4.69, 9.17) is 16.3 Å². The Labute approximate surface area is 116 Å². The molecule has 0 aliphatic carbocycles. The van der Waals surface area contributed by atoms with Crippen LogP contribution in [0.2, 0.25) is 5.02 Å². The largest absolute Gasteiger partial charge is 0.449 e. The van der Waals surface area contributed by atoms with E-state index in [1.807, 2.05) is 0 Å². The zero-order valence-corrected chi connectivity index (χ0v) is 11.2. The highest BCUT2D eigenvalue weighted by atomic mass is 79.9. The number of halogens is 2. The minimum atomic E-state index is -0.558. The third-order valence-electron chi connectivity index (χ3n) is 2.05. The molecule has 5 nitrogen and oxygen atoms in total. The van der Waals surface area contributed by atoms with Gasteiger partial charge in [-0.15, -0.1) is 0 Å². The fraction of sp³-hybridized carbons (Fsp3) is 0. The third-order valence-corrected chi connectivity index (χ3v) is 2.85. The molecule has 92 valence electrons. The molecule has 0 aliphatic rings. The van der Waals surface area contributed by atoms with E-state index >= 15 is 0 Å². The Kier molecular flexibility index (Phi) is 3.78. The number of hydrogen-bond acceptors (Lipinski definition) is 4. The maximum atomic E-state index is 10.9. The fourth-order valence-electron chi connectivity index (χ4n) is 1.29. The summed E-state index contributed by atoms with van der Waals surface area (Å²) >= 11 is 8.98. The molecule has 0 amide bonds. The van der Waals surface area contributed by atoms with Crippen molar-refractivity contribution in [2.45, 2.75) is 0 Å². The Balaban J connectivity index is 2.42. The SMILES string of the molecule is O=[N+]([O-])c1cncc(Br)c1Oc1cccc(Cl)c1. The number of ether oxygens (including phenoxy) is 1. The molecule has 2 rings (SSSR count). The van der Waals surface area contributed by atoms with Gasteiger partial charge in [-0.05, 0) is 34.1 Å². The zero-order valence-electron chi connectivity index (χ0n) is 8.84. The summed E-state index contributed by atoms with van der Waals surface area (Å²) in [5, 5.41) is 11.4. The van der Waals surface area contributed by atoms with Gasteiger partial charge in [-0.1, -0.05) is 17.7 Å². The lowest BCUT2D eigenvalue weighted by Gasteiger charge is -2.07. The van der Waals surface area contributed by atoms with Gasteiger partial charge in [0, 0.05) is 11.2 Å². The van der Waals surface area contributed by atoms with Crippen LogP contribution in [0.4, 0.5) is 5.69 Å². The smallest absolute Gasteiger partial charge is 0.330 e. The van der Waals surface area contributed by atoms with Gasteiger partial charge < -0.3 is 4.74 Å². The van der Waals surface area contributed by atoms with Crippen LogP contribution in [0.1, 0.15) is 0 Å². The monoisotopic (exact) mass is 328 g/mol. The number of nitrogens with zero attached hydrogens (tertiary/aromatic N) is 2. The summed E-state index contributed by atoms with van der Waals surface area (Å²) in [6, 6.07) is 6.60. The Hall–Kier alpha value is -1.66. The zero-order chi connectivity index (χ0) is 13.1. The minimum absolute atomic E-state index is 0.0947. The van der Waals surface area contributed by atoms with Crippen LogP contribution < -0.4 is 4.74 Å². The summed E-state index contributed by atoms with van der Waals surface area (Å²) in [4.78, 5) is 14.0. The van der Waals surface area contributed by atoms with Crippen molar-refractivity contribution in [3.8, 4) is 11.5 Å². The first-order valence-electron chi connectivity index (χ1n) is 4.79. The van der Waals surface area contributed by atoms with E-state index in [0.717, 1.165) is 6.20 Å². The first kappa shape index (κ1) is 12.8. The highest BCUT2D eigenvalue weighted by molar-refractivity contribution is 9.10. The van der Waals surface area contributed by atoms with Crippen LogP contribution in [-0.2, 0) is 0 Å². The second kappa shape index (κ2) is 5.32. The van der Waals surface area contributed by atoms with Gasteiger partial charge in [0.05, 0.1) is 9.40 Å². The summed E-state index contributed by atoms with van der Waals surface area (Å²) in [5.41, 5.74) is -0.218. The van der Waals surface area contributed by atoms with Crippen LogP contribution in [0.25, 0.3) is 0 Å². The van der Waals surface area contributed by atoms with E-state index in [0.29, 0.717) is 15.2 Å². The quantitative estimate of drug-likeness (QED) is 0.625. The van der Waals surface area contributed by atoms with Crippen molar-refractivity contribution in [1.82, 2.24) is 4.98 Å². The second-order valence-electron chi connectivity index (χ2n) is 3.29. The lowest BCUT2D eigenvalue weighted by atomic mass is 10.3. The molecule has 18 heavy (non-hydrogen) atoms. The molecular weight excluding hydrogens is 323 g/mol. The van der Waals surface area contributed by atoms with Gasteiger partial charge in [-0.2, -0.15) is 0 Å². The van der Waals surface area contributed by atoms with Crippen molar-refractivity contribution in [1.29, 1.82) is 0 Å². The van der Waals surface area contributed by atoms with Crippen molar-refractivity contribution in [3.63, 3.8) is 0 Å². The van der Waals surface area contributed by atoms with Crippen molar-refractivity contribution in [2.24, 2.45) is 0 Å². The predicted octanol–water partition coefficient (Wildman–Crippen LogP) is 4.20. The van der Waals surface area contributed by atoms with Gasteiger partial charge in [0.25, 0.3) is 0 Å². The first-order valence-corrected chi connectivity index (χ1v) is 5.96. The number of rotatable bonds is 3. The molecule has 1 heterocycles. The first-order chi connectivity index (χ1) is 8.58. The van der Waals surface area contributed by atoms with E-state index in [2.05, 4.69) is 20.9 Å². The van der Waals surface area contributed by atoms with Crippen molar-refractivity contribution in [2.75, 3.05) is 0 Å². The van der Waals surface area contributed by atoms with Gasteiger partial charge in [-0.25, -0.2) is 0 Å². The molecular formula is C11H6BrClN2O3. The van der Waals surface area contributed by atoms with Gasteiger partial charge in [-0.3, -0.25) is 15.1 Å². The third kappa shape index (κ3) is 2.77. The molecule has 0 saturated carbocycles. The van der Waals surface area contributed by atoms with Gasteiger partial charge in [0.2, 0.25) is 5.75 Å². The number of aromatic nitrogens is 1. The normalized spacial score (nSPS) is 10.1. The average Bonchev–Trinajstić information content (AvgIpc) is 2.31. The molecule has 0 aliphatic heterocycles. The minimum Gasteiger partial charge on any atom is -0.449 e. The molecule has 1 aromatic heterocycles. The van der Waals surface area contributed by atoms with Crippen LogP contribution in [0.5, 0.6) is 11.5 Å². The van der Waals surface area contributed by atoms with E-state index in [9.17, 15) is 10.1 Å². The molecule has 2 aromatic rings. The van der Waals surface area contributed by atoms with E-state index < -0.39 is 4.92 Å². The molecule has 0 spiro atoms. The second-order valence-corrected chi connectivity index (χ2v) is 4.58. The summed E-state index contributed by atoms with van der Waals surface area (Å²) in [6.45, 7) is 0. The molecule has 0 atom stereocenters. The van der Waals surface area contributed by atoms with Gasteiger partial charge in [0.1, 0.15) is 11.9 Å². The Bertz CT molecular complexity index is 607. The Morgan fingerprint density at radius 2 is 2.17 bits per heavy atom. The predicted molar refractivity (Wildman–Crippen MR) is 70.1 cm³/mol. The summed E-state index contributed by atoms with van der Waals surface area (Å²) in [6.07, 6.45) is 2.55. The van der Waals surface area contributed by atoms with Crippen LogP contribution >= 0.6 is 27.5 Å². The Morgan fingerprint density at radius 3 is 2.83 bits per heavy atom. The van der Waals surface area contributed by atoms with Crippen LogP contribution in [0.15, 0.2) is 41.1 Å². The molecule has 0 fully saturated rings. The molecule has 0 bridgehead atoms. The van der Waals surface area contributed by atoms with E-state index in [-0.39, 0.29) is 11.4 Å². The molecule has 0 unspecified atom stereocenters. The number of benzene rings is 1. The topological polar surface area (TPSA) is 65.3 Å². The summed E-state index contributed by atoms with van der Waals surface area (Å²) in [7, 11) is 0. The standard InChI is InChI=1S/C11H6BrClN2O3/c12-9-5-14-6-10(15(16)17)11(9)18-8-3-1-2-7(13)4-8/h1-6H. The highest BCUT2D eigenvalue weighted by Gasteiger charge is 2.19.